The Morgan fingerprint density at radius 3 is 2.70 bits per heavy atom. The first-order valence-corrected chi connectivity index (χ1v) is 5.66. The van der Waals surface area contributed by atoms with E-state index in [-0.39, 0.29) is 28.7 Å². The van der Waals surface area contributed by atoms with Gasteiger partial charge in [0.2, 0.25) is 0 Å². The van der Waals surface area contributed by atoms with Crippen LogP contribution in [0.1, 0.15) is 20.8 Å². The van der Waals surface area contributed by atoms with Crippen molar-refractivity contribution in [2.45, 2.75) is 0 Å². The van der Waals surface area contributed by atoms with Crippen molar-refractivity contribution < 1.29 is 14.7 Å². The molecule has 0 aliphatic rings. The van der Waals surface area contributed by atoms with Crippen LogP contribution in [-0.4, -0.2) is 50.7 Å². The number of carbonyl (C=O) groups excluding carboxylic acids is 1. The lowest BCUT2D eigenvalue weighted by molar-refractivity contribution is 0.0696. The Kier molecular flexibility index (Phi) is 3.38. The molecule has 0 unspecified atom stereocenters. The van der Waals surface area contributed by atoms with Crippen LogP contribution in [-0.2, 0) is 0 Å². The summed E-state index contributed by atoms with van der Waals surface area (Å²) in [7, 11) is 3.21. The minimum atomic E-state index is -1.17. The first-order valence-electron chi connectivity index (χ1n) is 5.66. The highest BCUT2D eigenvalue weighted by atomic mass is 16.4. The van der Waals surface area contributed by atoms with E-state index in [0.29, 0.717) is 0 Å². The molecule has 8 nitrogen and oxygen atoms in total. The predicted octanol–water partition coefficient (Wildman–Crippen LogP) is 0.249. The van der Waals surface area contributed by atoms with Crippen LogP contribution in [0.25, 0.3) is 5.82 Å². The number of anilines is 1. The van der Waals surface area contributed by atoms with E-state index >= 15 is 0 Å². The molecule has 1 amide bonds. The summed E-state index contributed by atoms with van der Waals surface area (Å²) in [5, 5.41) is 13.2. The molecule has 2 aromatic heterocycles. The summed E-state index contributed by atoms with van der Waals surface area (Å²) in [6.45, 7) is 0. The van der Waals surface area contributed by atoms with Crippen LogP contribution in [0.3, 0.4) is 0 Å². The molecule has 0 saturated heterocycles. The first-order chi connectivity index (χ1) is 9.40. The highest BCUT2D eigenvalue weighted by Gasteiger charge is 2.17. The van der Waals surface area contributed by atoms with Gasteiger partial charge in [-0.25, -0.2) is 14.5 Å². The fraction of sp³-hybridized carbons (Fsp3) is 0.167. The van der Waals surface area contributed by atoms with Crippen LogP contribution in [0.4, 0.5) is 5.69 Å². The molecular formula is C12H13N5O3. The molecule has 2 rings (SSSR count). The molecular weight excluding hydrogens is 262 g/mol. The Hall–Kier alpha value is -2.90. The first kappa shape index (κ1) is 13.5. The van der Waals surface area contributed by atoms with Gasteiger partial charge < -0.3 is 15.7 Å². The Morgan fingerprint density at radius 1 is 1.40 bits per heavy atom. The molecule has 0 aliphatic carbocycles. The Morgan fingerprint density at radius 2 is 2.10 bits per heavy atom. The molecule has 3 N–H and O–H groups in total. The topological polar surface area (TPSA) is 114 Å². The number of nitrogen functional groups attached to an aromatic ring is 1. The van der Waals surface area contributed by atoms with Crippen molar-refractivity contribution in [1.82, 2.24) is 19.7 Å². The minimum absolute atomic E-state index is 0.0862. The van der Waals surface area contributed by atoms with Crippen LogP contribution in [0.5, 0.6) is 0 Å². The van der Waals surface area contributed by atoms with Gasteiger partial charge in [0.15, 0.2) is 11.5 Å². The summed E-state index contributed by atoms with van der Waals surface area (Å²) >= 11 is 0. The average molecular weight is 275 g/mol. The van der Waals surface area contributed by atoms with Crippen molar-refractivity contribution in [2.24, 2.45) is 0 Å². The number of aromatic carboxylic acids is 1. The number of carboxylic acids is 1. The van der Waals surface area contributed by atoms with E-state index in [1.165, 1.54) is 34.1 Å². The van der Waals surface area contributed by atoms with E-state index in [9.17, 15) is 9.59 Å². The van der Waals surface area contributed by atoms with Crippen LogP contribution in [0, 0.1) is 0 Å². The van der Waals surface area contributed by atoms with Gasteiger partial charge in [0.25, 0.3) is 5.91 Å². The zero-order valence-corrected chi connectivity index (χ0v) is 10.9. The van der Waals surface area contributed by atoms with Gasteiger partial charge in [0.05, 0.1) is 11.9 Å². The highest BCUT2D eigenvalue weighted by molar-refractivity contribution is 5.93. The largest absolute Gasteiger partial charge is 0.478 e. The Bertz CT molecular complexity index is 677. The summed E-state index contributed by atoms with van der Waals surface area (Å²) in [6.07, 6.45) is 2.80. The van der Waals surface area contributed by atoms with Crippen LogP contribution < -0.4 is 5.73 Å². The molecule has 2 heterocycles. The Labute approximate surface area is 114 Å². The maximum atomic E-state index is 11.8. The molecule has 0 spiro atoms. The summed E-state index contributed by atoms with van der Waals surface area (Å²) in [4.78, 5) is 28.3. The number of carboxylic acid groups (broad SMARTS) is 1. The maximum absolute atomic E-state index is 11.8. The normalized spacial score (nSPS) is 10.3. The molecule has 0 aromatic carbocycles. The van der Waals surface area contributed by atoms with Crippen molar-refractivity contribution in [3.63, 3.8) is 0 Å². The number of amides is 1. The average Bonchev–Trinajstić information content (AvgIpc) is 2.86. The van der Waals surface area contributed by atoms with Crippen molar-refractivity contribution in [3.05, 3.63) is 35.8 Å². The smallest absolute Gasteiger partial charge is 0.339 e. The second-order valence-electron chi connectivity index (χ2n) is 4.29. The third-order valence-corrected chi connectivity index (χ3v) is 2.55. The lowest BCUT2D eigenvalue weighted by atomic mass is 10.2. The second kappa shape index (κ2) is 5.00. The summed E-state index contributed by atoms with van der Waals surface area (Å²) < 4.78 is 1.24. The zero-order valence-electron chi connectivity index (χ0n) is 10.9. The van der Waals surface area contributed by atoms with E-state index in [1.54, 1.807) is 14.1 Å². The van der Waals surface area contributed by atoms with Gasteiger partial charge in [-0.1, -0.05) is 0 Å². The molecule has 0 fully saturated rings. The number of nitrogens with zero attached hydrogens (tertiary/aromatic N) is 4. The third-order valence-electron chi connectivity index (χ3n) is 2.55. The van der Waals surface area contributed by atoms with Crippen molar-refractivity contribution in [1.29, 1.82) is 0 Å². The maximum Gasteiger partial charge on any atom is 0.339 e. The standard InChI is InChI=1S/C12H13N5O3/c1-16(2)11(18)9-3-4-17(15-9)10-8(12(19)20)5-7(13)6-14-10/h3-6H,13H2,1-2H3,(H,19,20). The van der Waals surface area contributed by atoms with Crippen LogP contribution in [0.15, 0.2) is 24.5 Å². The van der Waals surface area contributed by atoms with Gasteiger partial charge in [0.1, 0.15) is 5.56 Å². The van der Waals surface area contributed by atoms with Gasteiger partial charge in [-0.05, 0) is 12.1 Å². The Balaban J connectivity index is 2.48. The highest BCUT2D eigenvalue weighted by Crippen LogP contribution is 2.15. The lowest BCUT2D eigenvalue weighted by Crippen LogP contribution is -2.22. The van der Waals surface area contributed by atoms with E-state index in [2.05, 4.69) is 10.1 Å². The summed E-state index contributed by atoms with van der Waals surface area (Å²) in [5.41, 5.74) is 5.87. The van der Waals surface area contributed by atoms with Gasteiger partial charge >= 0.3 is 5.97 Å². The number of carbonyl (C=O) groups is 2. The number of pyridine rings is 1. The van der Waals surface area contributed by atoms with Gasteiger partial charge in [-0.3, -0.25) is 4.79 Å². The molecule has 0 radical (unpaired) electrons. The third kappa shape index (κ3) is 2.44. The van der Waals surface area contributed by atoms with Crippen molar-refractivity contribution in [3.8, 4) is 5.82 Å². The fourth-order valence-electron chi connectivity index (χ4n) is 1.60. The van der Waals surface area contributed by atoms with Crippen LogP contribution in [0.2, 0.25) is 0 Å². The van der Waals surface area contributed by atoms with Crippen molar-refractivity contribution >= 4 is 17.6 Å². The minimum Gasteiger partial charge on any atom is -0.478 e. The SMILES string of the molecule is CN(C)C(=O)c1ccn(-c2ncc(N)cc2C(=O)O)n1. The predicted molar refractivity (Wildman–Crippen MR) is 70.7 cm³/mol. The van der Waals surface area contributed by atoms with E-state index < -0.39 is 5.97 Å². The lowest BCUT2D eigenvalue weighted by Gasteiger charge is -2.08. The molecule has 0 atom stereocenters. The van der Waals surface area contributed by atoms with Gasteiger partial charge in [0, 0.05) is 20.3 Å². The number of nitrogens with two attached hydrogens (primary N) is 1. The second-order valence-corrected chi connectivity index (χ2v) is 4.29. The molecule has 8 heteroatoms. The number of hydrogen-bond acceptors (Lipinski definition) is 5. The van der Waals surface area contributed by atoms with E-state index in [4.69, 9.17) is 10.8 Å². The van der Waals surface area contributed by atoms with Gasteiger partial charge in [-0.15, -0.1) is 0 Å². The molecule has 0 bridgehead atoms. The van der Waals surface area contributed by atoms with E-state index in [1.807, 2.05) is 0 Å². The number of hydrogen-bond donors (Lipinski definition) is 2. The molecule has 104 valence electrons. The summed E-state index contributed by atoms with van der Waals surface area (Å²) in [6, 6.07) is 2.78. The molecule has 20 heavy (non-hydrogen) atoms. The monoisotopic (exact) mass is 275 g/mol. The molecule has 0 aliphatic heterocycles. The van der Waals surface area contributed by atoms with E-state index in [0.717, 1.165) is 0 Å². The van der Waals surface area contributed by atoms with Gasteiger partial charge in [-0.2, -0.15) is 5.10 Å². The number of aromatic nitrogens is 3. The number of rotatable bonds is 3. The quantitative estimate of drug-likeness (QED) is 0.829. The van der Waals surface area contributed by atoms with Crippen molar-refractivity contribution in [2.75, 3.05) is 19.8 Å². The summed E-state index contributed by atoms with van der Waals surface area (Å²) in [5.74, 6) is -1.35. The van der Waals surface area contributed by atoms with Crippen LogP contribution >= 0.6 is 0 Å². The zero-order chi connectivity index (χ0) is 14.9. The molecule has 2 aromatic rings. The fourth-order valence-corrected chi connectivity index (χ4v) is 1.60. The molecule has 0 saturated carbocycles.